The minimum Gasteiger partial charge on any atom is -0.0683 e. The van der Waals surface area contributed by atoms with Gasteiger partial charge in [0.05, 0.1) is 0 Å². The predicted molar refractivity (Wildman–Crippen MR) is 486 cm³/mol. The lowest BCUT2D eigenvalue weighted by molar-refractivity contribution is -0.0876. The summed E-state index contributed by atoms with van der Waals surface area (Å²) in [7, 11) is 0. The van der Waals surface area contributed by atoms with Crippen LogP contribution in [0.15, 0.2) is 0 Å². The second kappa shape index (κ2) is 35.5. The molecule has 0 radical (unpaired) electrons. The summed E-state index contributed by atoms with van der Waals surface area (Å²) in [6, 6.07) is 0. The number of hydrogen-bond donors (Lipinski definition) is 0. The van der Waals surface area contributed by atoms with Crippen molar-refractivity contribution in [3.63, 3.8) is 0 Å². The highest BCUT2D eigenvalue weighted by atomic mass is 14.7. The third-order valence-electron chi connectivity index (χ3n) is 41.5. The second-order valence-corrected chi connectivity index (χ2v) is 52.4. The van der Waals surface area contributed by atoms with Gasteiger partial charge in [0.25, 0.3) is 0 Å². The van der Waals surface area contributed by atoms with Crippen molar-refractivity contribution >= 4 is 0 Å². The Hall–Kier alpha value is 0. The minimum atomic E-state index is 0.570. The lowest BCUT2D eigenvalue weighted by Gasteiger charge is -2.59. The van der Waals surface area contributed by atoms with Gasteiger partial charge in [-0.3, -0.25) is 0 Å². The quantitative estimate of drug-likeness (QED) is 0.212. The molecule has 0 saturated heterocycles. The summed E-state index contributed by atoms with van der Waals surface area (Å²) < 4.78 is 0. The van der Waals surface area contributed by atoms with Crippen LogP contribution in [-0.4, -0.2) is 0 Å². The summed E-state index contributed by atoms with van der Waals surface area (Å²) in [6.07, 6.45) is 60.9. The highest BCUT2D eigenvalue weighted by molar-refractivity contribution is 5.15. The van der Waals surface area contributed by atoms with Crippen LogP contribution in [0.5, 0.6) is 0 Å². The van der Waals surface area contributed by atoms with E-state index in [1.807, 2.05) is 55.4 Å². The first kappa shape index (κ1) is 90.2. The van der Waals surface area contributed by atoms with E-state index in [-0.39, 0.29) is 0 Å². The maximum atomic E-state index is 2.54. The number of hydrogen-bond acceptors (Lipinski definition) is 0. The molecule has 0 amide bonds. The molecular weight excluding hydrogens is 1330 g/mol. The van der Waals surface area contributed by atoms with Crippen LogP contribution >= 0.6 is 0 Å². The molecule has 0 aromatic carbocycles. The normalized spacial score (nSPS) is 47.5. The Morgan fingerprint density at radius 2 is 0.604 bits per heavy atom. The predicted octanol–water partition coefficient (Wildman–Crippen LogP) is 34.4. The van der Waals surface area contributed by atoms with Gasteiger partial charge >= 0.3 is 0 Å². The molecule has 0 heterocycles. The molecule has 25 saturated carbocycles. The van der Waals surface area contributed by atoms with E-state index in [4.69, 9.17) is 0 Å². The van der Waals surface area contributed by atoms with Crippen LogP contribution in [0, 0.1) is 250 Å². The fourth-order valence-electron chi connectivity index (χ4n) is 37.1. The Balaban J connectivity index is 0.000000117. The average Bonchev–Trinajstić information content (AvgIpc) is 1.57. The van der Waals surface area contributed by atoms with Crippen molar-refractivity contribution < 1.29 is 0 Å². The Labute approximate surface area is 697 Å². The highest BCUT2D eigenvalue weighted by Gasteiger charge is 2.66. The standard InChI is InChI=1S/C16H26.C15H26.C14H22.C14H24.C12H20.C11H18.C11H20.C10H20.4C2H6/c1-16(2,3)13-8-11-7-12(13)15-10-5-4-9(6-10)14(11)15;1-15(2,3)14-9-10-8-13(14)12-7-5-4-6-11(10)12;1-14(2)7-10-6-11(14)13-9-4-3-8(5-9)12(10)13;1-14(2,3)13-8-9-7-12(13)11-6-4-5-10(9)11;1-12(2)10-4-8-3-9(6-10)7-11(12)5-8;1-11(2)9-4-7-3-8(6-9)10(11)5-7;1-11(2,3)10-7-8-4-5-9(10)6-8;1-10(2,3)9-7-5-4-6-8-9;4*1-2/h9-15H,4-8H2,1-3H3;10-14H,4-9H2,1-3H3;8-13H,3-7H2,1-2H3;9-13H,4-8H2,1-3H3;8-11H,3-7H2,1-2H3;7-10H,3-6H2,1-2H3;8-10H,4-7H2,1-3H3;9H,4-8H2,1-3H3;4*1-2H3. The molecule has 30 atom stereocenters. The lowest BCUT2D eigenvalue weighted by atomic mass is 9.46. The van der Waals surface area contributed by atoms with Crippen LogP contribution in [0.25, 0.3) is 0 Å². The van der Waals surface area contributed by atoms with Crippen molar-refractivity contribution in [2.75, 3.05) is 0 Å². The molecule has 0 spiro atoms. The Morgan fingerprint density at radius 1 is 0.207 bits per heavy atom. The Morgan fingerprint density at radius 3 is 1.05 bits per heavy atom. The summed E-state index contributed by atoms with van der Waals surface area (Å²) in [5, 5.41) is 0. The molecule has 644 valence electrons. The topological polar surface area (TPSA) is 0 Å². The zero-order valence-electron chi connectivity index (χ0n) is 80.8. The van der Waals surface area contributed by atoms with Crippen LogP contribution < -0.4 is 0 Å². The van der Waals surface area contributed by atoms with Gasteiger partial charge < -0.3 is 0 Å². The molecule has 25 aliphatic carbocycles. The molecule has 25 aliphatic rings. The van der Waals surface area contributed by atoms with Gasteiger partial charge in [-0.2, -0.15) is 0 Å². The first-order chi connectivity index (χ1) is 52.4. The maximum Gasteiger partial charge on any atom is -0.0295 e. The van der Waals surface area contributed by atoms with Crippen LogP contribution in [0.1, 0.15) is 451 Å². The molecule has 22 bridgehead atoms. The summed E-state index contributed by atoms with van der Waals surface area (Å²) in [4.78, 5) is 0. The molecule has 111 heavy (non-hydrogen) atoms. The van der Waals surface area contributed by atoms with Crippen molar-refractivity contribution in [1.82, 2.24) is 0 Å². The lowest BCUT2D eigenvalue weighted by Crippen LogP contribution is -2.49. The van der Waals surface area contributed by atoms with E-state index in [2.05, 4.69) is 145 Å². The molecule has 0 N–H and O–H groups in total. The monoisotopic (exact) mass is 1530 g/mol. The fourth-order valence-corrected chi connectivity index (χ4v) is 37.1. The summed E-state index contributed by atoms with van der Waals surface area (Å²) >= 11 is 0. The van der Waals surface area contributed by atoms with Gasteiger partial charge in [-0.1, -0.05) is 246 Å². The third kappa shape index (κ3) is 18.3. The van der Waals surface area contributed by atoms with Crippen molar-refractivity contribution in [1.29, 1.82) is 0 Å². The second-order valence-electron chi connectivity index (χ2n) is 52.4. The SMILES string of the molecule is CC.CC.CC.CC.CC(C)(C)C1CC2CC1C1C3CCC(C3)C21.CC(C)(C)C1CC2CC1C1CCCC21.CC(C)(C)C1CC2CC1C1CCCCC21.CC(C)(C)C1CC2CCC1C2.CC(C)(C)C1CCCCC1.CC1(C)C2CC3CC(C2)C1C3.CC1(C)C2CC3CC(C2)CC1C3.CC1(C)CC2CC1C1C3CCC(C3)C21. The number of fused-ring (bicyclic) bond motifs is 30. The van der Waals surface area contributed by atoms with E-state index in [1.165, 1.54) is 112 Å². The average molecular weight is 1530 g/mol. The number of rotatable bonds is 0. The molecule has 25 fully saturated rings. The summed E-state index contributed by atoms with van der Waals surface area (Å²) in [5.74, 6) is 39.5. The highest BCUT2D eigenvalue weighted by Crippen LogP contribution is 2.74. The van der Waals surface area contributed by atoms with Crippen molar-refractivity contribution in [3.8, 4) is 0 Å². The van der Waals surface area contributed by atoms with E-state index in [9.17, 15) is 0 Å². The van der Waals surface area contributed by atoms with Gasteiger partial charge in [0.2, 0.25) is 0 Å². The first-order valence-electron chi connectivity index (χ1n) is 52.4. The third-order valence-corrected chi connectivity index (χ3v) is 41.5. The smallest absolute Gasteiger partial charge is 0.0295 e. The van der Waals surface area contributed by atoms with Crippen molar-refractivity contribution in [2.45, 2.75) is 451 Å². The summed E-state index contributed by atoms with van der Waals surface area (Å²) in [5.41, 5.74) is 5.00. The fraction of sp³-hybridized carbons (Fsp3) is 1.00. The molecule has 0 heteroatoms. The van der Waals surface area contributed by atoms with Crippen molar-refractivity contribution in [3.05, 3.63) is 0 Å². The summed E-state index contributed by atoms with van der Waals surface area (Å²) in [6.45, 7) is 67.8. The molecule has 0 aromatic heterocycles. The van der Waals surface area contributed by atoms with Gasteiger partial charge in [0.15, 0.2) is 0 Å². The Kier molecular flexibility index (Phi) is 28.8. The zero-order valence-corrected chi connectivity index (χ0v) is 80.8. The van der Waals surface area contributed by atoms with E-state index in [1.54, 1.807) is 186 Å². The first-order valence-corrected chi connectivity index (χ1v) is 52.4. The van der Waals surface area contributed by atoms with Gasteiger partial charge in [0.1, 0.15) is 0 Å². The van der Waals surface area contributed by atoms with Gasteiger partial charge in [-0.25, -0.2) is 0 Å². The maximum absolute atomic E-state index is 2.54. The van der Waals surface area contributed by atoms with Crippen LogP contribution in [0.4, 0.5) is 0 Å². The molecule has 0 nitrogen and oxygen atoms in total. The van der Waals surface area contributed by atoms with Gasteiger partial charge in [0, 0.05) is 0 Å². The van der Waals surface area contributed by atoms with E-state index < -0.39 is 0 Å². The van der Waals surface area contributed by atoms with Crippen LogP contribution in [0.2, 0.25) is 0 Å². The zero-order chi connectivity index (χ0) is 80.8. The Bertz CT molecular complexity index is 2810. The largest absolute Gasteiger partial charge is 0.0683 e. The van der Waals surface area contributed by atoms with Crippen LogP contribution in [-0.2, 0) is 0 Å². The molecule has 0 aromatic rings. The van der Waals surface area contributed by atoms with Crippen molar-refractivity contribution in [2.24, 2.45) is 250 Å². The van der Waals surface area contributed by atoms with Gasteiger partial charge in [-0.15, -0.1) is 0 Å². The van der Waals surface area contributed by atoms with E-state index in [0.29, 0.717) is 37.9 Å². The van der Waals surface area contributed by atoms with E-state index >= 15 is 0 Å². The van der Waals surface area contributed by atoms with E-state index in [0.717, 1.165) is 165 Å². The minimum absolute atomic E-state index is 0.570. The van der Waals surface area contributed by atoms with Gasteiger partial charge in [-0.05, 0) is 456 Å². The molecule has 30 unspecified atom stereocenters. The van der Waals surface area contributed by atoms with Crippen LogP contribution in [0.3, 0.4) is 0 Å². The molecule has 0 aliphatic heterocycles. The molecular formula is C111H200. The molecule has 25 rings (SSSR count).